The Hall–Kier alpha value is -0.370. The van der Waals surface area contributed by atoms with Gasteiger partial charge in [-0.15, -0.1) is 0 Å². The van der Waals surface area contributed by atoms with E-state index in [1.807, 2.05) is 13.8 Å². The third-order valence-corrected chi connectivity index (χ3v) is 0. The number of rotatable bonds is 0. The highest BCUT2D eigenvalue weighted by Crippen LogP contribution is 1.14. The fraction of sp³-hybridized carbons (Fsp3) is 0.800. The summed E-state index contributed by atoms with van der Waals surface area (Å²) in [6.07, 6.45) is 0.750. The largest absolute Gasteiger partial charge is 0.333 e. The minimum absolute atomic E-state index is 0.750. The van der Waals surface area contributed by atoms with Gasteiger partial charge < -0.3 is 10.5 Å². The zero-order chi connectivity index (χ0) is 6.71. The van der Waals surface area contributed by atoms with E-state index in [1.54, 1.807) is 0 Å². The van der Waals surface area contributed by atoms with E-state index in [0.29, 0.717) is 0 Å². The van der Waals surface area contributed by atoms with Crippen molar-refractivity contribution in [1.82, 2.24) is 0 Å². The summed E-state index contributed by atoms with van der Waals surface area (Å²) >= 11 is 0. The van der Waals surface area contributed by atoms with Gasteiger partial charge in [0.05, 0.1) is 0 Å². The predicted molar refractivity (Wildman–Crippen MR) is 33.2 cm³/mol. The summed E-state index contributed by atoms with van der Waals surface area (Å²) < 4.78 is 0. The van der Waals surface area contributed by atoms with E-state index in [2.05, 4.69) is 5.73 Å². The van der Waals surface area contributed by atoms with Crippen LogP contribution in [0.2, 0.25) is 0 Å². The van der Waals surface area contributed by atoms with Crippen LogP contribution in [0, 0.1) is 0 Å². The van der Waals surface area contributed by atoms with E-state index >= 15 is 0 Å². The molecule has 0 unspecified atom stereocenters. The lowest BCUT2D eigenvalue weighted by Crippen LogP contribution is -1.69. The lowest BCUT2D eigenvalue weighted by molar-refractivity contribution is -0.106. The van der Waals surface area contributed by atoms with Crippen LogP contribution >= 0.6 is 0 Å². The second-order valence-electron chi connectivity index (χ2n) is 0.236. The smallest absolute Gasteiger partial charge is 0.116 e. The Balaban J connectivity index is -0.0000000360. The summed E-state index contributed by atoms with van der Waals surface area (Å²) in [4.78, 5) is 8.81. The Morgan fingerprint density at radius 3 is 1.29 bits per heavy atom. The maximum atomic E-state index is 8.81. The van der Waals surface area contributed by atoms with Crippen LogP contribution < -0.4 is 5.73 Å². The lowest BCUT2D eigenvalue weighted by Gasteiger charge is -1.23. The van der Waals surface area contributed by atoms with Gasteiger partial charge in [0.2, 0.25) is 0 Å². The van der Waals surface area contributed by atoms with Crippen molar-refractivity contribution in [2.24, 2.45) is 5.73 Å². The first kappa shape index (κ1) is 15.9. The van der Waals surface area contributed by atoms with Crippen LogP contribution in [0.25, 0.3) is 0 Å². The van der Waals surface area contributed by atoms with Crippen LogP contribution in [0.15, 0.2) is 0 Å². The van der Waals surface area contributed by atoms with Gasteiger partial charge in [-0.05, 0) is 14.0 Å². The average Bonchev–Trinajstić information content (AvgIpc) is 1.78. The molecule has 7 heavy (non-hydrogen) atoms. The molecule has 0 aromatic carbocycles. The molecule has 0 saturated heterocycles. The van der Waals surface area contributed by atoms with Crippen molar-refractivity contribution in [2.75, 3.05) is 7.05 Å². The zero-order valence-electron chi connectivity index (χ0n) is 5.56. The van der Waals surface area contributed by atoms with Crippen molar-refractivity contribution < 1.29 is 4.79 Å². The van der Waals surface area contributed by atoms with Gasteiger partial charge in [-0.3, -0.25) is 0 Å². The first-order valence-electron chi connectivity index (χ1n) is 2.39. The van der Waals surface area contributed by atoms with Crippen LogP contribution in [-0.2, 0) is 4.79 Å². The Labute approximate surface area is 45.7 Å². The molecular formula is C5H15NO. The summed E-state index contributed by atoms with van der Waals surface area (Å²) in [5.41, 5.74) is 4.50. The van der Waals surface area contributed by atoms with Gasteiger partial charge in [0.1, 0.15) is 6.29 Å². The predicted octanol–water partition coefficient (Wildman–Crippen LogP) is 0.806. The molecule has 0 aromatic heterocycles. The van der Waals surface area contributed by atoms with Gasteiger partial charge in [-0.25, -0.2) is 0 Å². The molecule has 0 radical (unpaired) electrons. The Kier molecular flexibility index (Phi) is 693. The van der Waals surface area contributed by atoms with Gasteiger partial charge >= 0.3 is 0 Å². The van der Waals surface area contributed by atoms with Crippen LogP contribution in [0.5, 0.6) is 0 Å². The highest BCUT2D eigenvalue weighted by Gasteiger charge is 1.24. The molecule has 0 atom stereocenters. The van der Waals surface area contributed by atoms with E-state index in [9.17, 15) is 0 Å². The molecule has 2 heteroatoms. The minimum Gasteiger partial charge on any atom is -0.333 e. The van der Waals surface area contributed by atoms with Crippen molar-refractivity contribution in [1.29, 1.82) is 0 Å². The maximum absolute atomic E-state index is 8.81. The molecule has 0 fully saturated rings. The fourth-order valence-corrected chi connectivity index (χ4v) is 0. The molecule has 0 spiro atoms. The molecule has 2 nitrogen and oxygen atoms in total. The maximum Gasteiger partial charge on any atom is 0.116 e. The molecule has 46 valence electrons. The van der Waals surface area contributed by atoms with Gasteiger partial charge in [-0.1, -0.05) is 13.8 Å². The van der Waals surface area contributed by atoms with E-state index in [0.717, 1.165) is 6.29 Å². The highest BCUT2D eigenvalue weighted by atomic mass is 16.1. The molecule has 0 aromatic rings. The monoisotopic (exact) mass is 105 g/mol. The van der Waals surface area contributed by atoms with Crippen LogP contribution in [-0.4, -0.2) is 13.3 Å². The van der Waals surface area contributed by atoms with Crippen molar-refractivity contribution in [3.8, 4) is 0 Å². The molecule has 0 aliphatic heterocycles. The SMILES string of the molecule is CC.CC=O.CN. The first-order valence-corrected chi connectivity index (χ1v) is 2.39. The second kappa shape index (κ2) is 304. The number of aldehydes is 1. The van der Waals surface area contributed by atoms with E-state index in [-0.39, 0.29) is 0 Å². The van der Waals surface area contributed by atoms with Crippen molar-refractivity contribution >= 4 is 6.29 Å². The molecule has 0 rings (SSSR count). The van der Waals surface area contributed by atoms with Crippen LogP contribution in [0.1, 0.15) is 20.8 Å². The molecule has 0 aliphatic carbocycles. The summed E-state index contributed by atoms with van der Waals surface area (Å²) in [6.45, 7) is 5.44. The third kappa shape index (κ3) is 542. The Morgan fingerprint density at radius 1 is 1.29 bits per heavy atom. The Morgan fingerprint density at radius 2 is 1.29 bits per heavy atom. The first-order chi connectivity index (χ1) is 3.41. The van der Waals surface area contributed by atoms with E-state index in [4.69, 9.17) is 4.79 Å². The summed E-state index contributed by atoms with van der Waals surface area (Å²) in [5.74, 6) is 0. The molecule has 0 aliphatic rings. The van der Waals surface area contributed by atoms with Gasteiger partial charge in [0.25, 0.3) is 0 Å². The minimum atomic E-state index is 0.750. The Bertz CT molecular complexity index is 15.6. The van der Waals surface area contributed by atoms with Crippen LogP contribution in [0.3, 0.4) is 0 Å². The van der Waals surface area contributed by atoms with E-state index in [1.165, 1.54) is 14.0 Å². The number of hydrogen-bond donors (Lipinski definition) is 1. The van der Waals surface area contributed by atoms with Gasteiger partial charge in [0, 0.05) is 0 Å². The molecule has 0 heterocycles. The van der Waals surface area contributed by atoms with Gasteiger partial charge in [0.15, 0.2) is 0 Å². The van der Waals surface area contributed by atoms with Gasteiger partial charge in [-0.2, -0.15) is 0 Å². The summed E-state index contributed by atoms with van der Waals surface area (Å²) in [6, 6.07) is 0. The average molecular weight is 105 g/mol. The third-order valence-electron chi connectivity index (χ3n) is 0. The summed E-state index contributed by atoms with van der Waals surface area (Å²) in [7, 11) is 1.50. The summed E-state index contributed by atoms with van der Waals surface area (Å²) in [5, 5.41) is 0. The normalized spacial score (nSPS) is 3.57. The number of carbonyl (C=O) groups excluding carboxylic acids is 1. The molecular weight excluding hydrogens is 90.1 g/mol. The lowest BCUT2D eigenvalue weighted by atomic mass is 11.0. The second-order valence-corrected chi connectivity index (χ2v) is 0.236. The van der Waals surface area contributed by atoms with Crippen molar-refractivity contribution in [3.63, 3.8) is 0 Å². The van der Waals surface area contributed by atoms with E-state index < -0.39 is 0 Å². The van der Waals surface area contributed by atoms with Crippen molar-refractivity contribution in [3.05, 3.63) is 0 Å². The molecule has 0 amide bonds. The molecule has 0 bridgehead atoms. The number of carbonyl (C=O) groups is 1. The molecule has 2 N–H and O–H groups in total. The standard InChI is InChI=1S/C2H4O.C2H6.CH5N/c1-2-3;2*1-2/h2H,1H3;1-2H3;2H2,1H3. The fourth-order valence-electron chi connectivity index (χ4n) is 0. The number of nitrogens with two attached hydrogens (primary N) is 1. The highest BCUT2D eigenvalue weighted by molar-refractivity contribution is 5.44. The molecule has 0 saturated carbocycles. The van der Waals surface area contributed by atoms with Crippen LogP contribution in [0.4, 0.5) is 0 Å². The quantitative estimate of drug-likeness (QED) is 0.463. The topological polar surface area (TPSA) is 43.1 Å². The number of hydrogen-bond acceptors (Lipinski definition) is 2. The zero-order valence-corrected chi connectivity index (χ0v) is 5.56. The van der Waals surface area contributed by atoms with Crippen molar-refractivity contribution in [2.45, 2.75) is 20.8 Å².